The molecule has 1 spiro atoms. The van der Waals surface area contributed by atoms with Crippen molar-refractivity contribution in [2.24, 2.45) is 5.41 Å². The smallest absolute Gasteiger partial charge is 0.310 e. The van der Waals surface area contributed by atoms with E-state index in [0.717, 1.165) is 55.5 Å². The van der Waals surface area contributed by atoms with Gasteiger partial charge in [-0.15, -0.1) is 0 Å². The van der Waals surface area contributed by atoms with Crippen molar-refractivity contribution in [2.45, 2.75) is 69.0 Å². The molecule has 0 unspecified atom stereocenters. The first-order valence-corrected chi connectivity index (χ1v) is 13.5. The predicted octanol–water partition coefficient (Wildman–Crippen LogP) is 7.43. The minimum atomic E-state index is -9.78. The maximum Gasteiger partial charge on any atom is 0.310 e. The van der Waals surface area contributed by atoms with Crippen LogP contribution < -0.4 is 0 Å². The van der Waals surface area contributed by atoms with E-state index in [4.69, 9.17) is 10.1 Å². The fourth-order valence-electron chi connectivity index (χ4n) is 4.93. The number of aromatic nitrogens is 1. The van der Waals surface area contributed by atoms with E-state index < -0.39 is 27.3 Å². The first-order valence-electron chi connectivity index (χ1n) is 10.5. The van der Waals surface area contributed by atoms with E-state index in [0.29, 0.717) is 27.0 Å². The number of aliphatic hydroxyl groups excluding tert-OH is 1. The van der Waals surface area contributed by atoms with E-state index in [1.165, 1.54) is 0 Å². The second-order valence-corrected chi connectivity index (χ2v) is 13.0. The average molecular weight is 590 g/mol. The lowest BCUT2D eigenvalue weighted by molar-refractivity contribution is 0.0236. The molecule has 2 aromatic rings. The molecule has 2 aliphatic rings. The van der Waals surface area contributed by atoms with Crippen molar-refractivity contribution in [1.82, 2.24) is 4.98 Å². The fourth-order valence-corrected chi connectivity index (χ4v) is 6.84. The normalized spacial score (nSPS) is 23.3. The quantitative estimate of drug-likeness (QED) is 0.229. The third kappa shape index (κ3) is 4.27. The summed E-state index contributed by atoms with van der Waals surface area (Å²) in [4.78, 5) is 2.86. The number of halogens is 6. The van der Waals surface area contributed by atoms with Crippen LogP contribution in [0.1, 0.15) is 85.7 Å². The Morgan fingerprint density at radius 3 is 2.19 bits per heavy atom. The summed E-state index contributed by atoms with van der Waals surface area (Å²) in [6.45, 7) is 3.83. The van der Waals surface area contributed by atoms with Gasteiger partial charge in [-0.2, -0.15) is 0 Å². The third-order valence-electron chi connectivity index (χ3n) is 6.72. The lowest BCUT2D eigenvalue weighted by atomic mass is 9.59. The van der Waals surface area contributed by atoms with Gasteiger partial charge < -0.3 is 10.2 Å². The van der Waals surface area contributed by atoms with Crippen LogP contribution in [0, 0.1) is 8.99 Å². The van der Waals surface area contributed by atoms with E-state index >= 15 is 0 Å². The highest BCUT2D eigenvalue weighted by Crippen LogP contribution is 3.02. The van der Waals surface area contributed by atoms with Gasteiger partial charge >= 0.3 is 10.2 Å². The Hall–Kier alpha value is -0.980. The Morgan fingerprint density at radius 2 is 1.72 bits per heavy atom. The molecular formula is C22H26F5INO2S+. The van der Waals surface area contributed by atoms with Crippen molar-refractivity contribution in [2.75, 3.05) is 0 Å². The van der Waals surface area contributed by atoms with Crippen LogP contribution in [0.25, 0.3) is 0 Å². The van der Waals surface area contributed by atoms with Crippen LogP contribution in [0.2, 0.25) is 0 Å². The Kier molecular flexibility index (Phi) is 5.30. The van der Waals surface area contributed by atoms with E-state index in [-0.39, 0.29) is 16.9 Å². The monoisotopic (exact) mass is 590 g/mol. The van der Waals surface area contributed by atoms with Crippen LogP contribution in [0.15, 0.2) is 29.2 Å². The van der Waals surface area contributed by atoms with E-state index in [9.17, 15) is 24.5 Å². The molecule has 1 heterocycles. The Balaban J connectivity index is 1.79. The predicted molar refractivity (Wildman–Crippen MR) is 124 cm³/mol. The molecule has 4 rings (SSSR count). The summed E-state index contributed by atoms with van der Waals surface area (Å²) >= 11 is 2.09. The molecule has 1 aromatic carbocycles. The summed E-state index contributed by atoms with van der Waals surface area (Å²) in [5, 5.41) is 19.8. The Morgan fingerprint density at radius 1 is 1.12 bits per heavy atom. The molecule has 2 atom stereocenters. The topological polar surface area (TPSA) is 56.0 Å². The highest BCUT2D eigenvalue weighted by molar-refractivity contribution is 14.1. The number of aliphatic hydroxyl groups is 1. The maximum absolute atomic E-state index is 13.1. The molecule has 10 heteroatoms. The second kappa shape index (κ2) is 7.02. The van der Waals surface area contributed by atoms with Gasteiger partial charge in [0.1, 0.15) is 11.0 Å². The number of pyridine rings is 1. The summed E-state index contributed by atoms with van der Waals surface area (Å²) in [6.07, 6.45) is 3.02. The SMILES string of the molecule is CC(C)c1nc2c(c(I)c1[C@@H](O)c1ccc(S(F)(F)(F)(F)F)cc1)[C@@H]([OH2+])CC1(CCC1)C2. The summed E-state index contributed by atoms with van der Waals surface area (Å²) < 4.78 is 66.0. The zero-order valence-corrected chi connectivity index (χ0v) is 20.6. The Bertz CT molecular complexity index is 1070. The molecule has 178 valence electrons. The van der Waals surface area contributed by atoms with Gasteiger partial charge in [0, 0.05) is 15.6 Å². The minimum Gasteiger partial charge on any atom is -0.440 e. The second-order valence-electron chi connectivity index (χ2n) is 9.47. The van der Waals surface area contributed by atoms with Crippen molar-refractivity contribution >= 4 is 32.8 Å². The molecule has 0 bridgehead atoms. The van der Waals surface area contributed by atoms with Gasteiger partial charge in [-0.25, -0.2) is 0 Å². The number of fused-ring (bicyclic) bond motifs is 1. The van der Waals surface area contributed by atoms with Crippen LogP contribution in [-0.2, 0) is 6.42 Å². The first kappa shape index (κ1) is 24.2. The molecule has 0 saturated heterocycles. The van der Waals surface area contributed by atoms with Gasteiger partial charge in [-0.3, -0.25) is 4.98 Å². The van der Waals surface area contributed by atoms with Gasteiger partial charge in [-0.05, 0) is 70.9 Å². The van der Waals surface area contributed by atoms with Crippen LogP contribution >= 0.6 is 32.8 Å². The van der Waals surface area contributed by atoms with Crippen LogP contribution in [0.3, 0.4) is 0 Å². The number of nitrogens with zero attached hydrogens (tertiary/aromatic N) is 1. The summed E-state index contributed by atoms with van der Waals surface area (Å²) in [5.41, 5.74) is 2.92. The van der Waals surface area contributed by atoms with Crippen molar-refractivity contribution in [3.8, 4) is 0 Å². The van der Waals surface area contributed by atoms with Gasteiger partial charge in [-0.1, -0.05) is 51.8 Å². The van der Waals surface area contributed by atoms with Crippen molar-refractivity contribution in [3.63, 3.8) is 0 Å². The minimum absolute atomic E-state index is 0.0740. The molecule has 3 nitrogen and oxygen atoms in total. The van der Waals surface area contributed by atoms with Gasteiger partial charge in [0.2, 0.25) is 0 Å². The third-order valence-corrected chi connectivity index (χ3v) is 9.04. The highest BCUT2D eigenvalue weighted by Gasteiger charge is 2.65. The van der Waals surface area contributed by atoms with Crippen molar-refractivity contribution in [1.29, 1.82) is 0 Å². The maximum atomic E-state index is 13.1. The zero-order valence-electron chi connectivity index (χ0n) is 17.6. The molecule has 1 saturated carbocycles. The Labute approximate surface area is 197 Å². The van der Waals surface area contributed by atoms with Crippen LogP contribution in [-0.4, -0.2) is 15.2 Å². The van der Waals surface area contributed by atoms with Crippen LogP contribution in [0.5, 0.6) is 0 Å². The number of rotatable bonds is 4. The summed E-state index contributed by atoms with van der Waals surface area (Å²) in [7, 11) is -9.78. The van der Waals surface area contributed by atoms with E-state index in [1.54, 1.807) is 0 Å². The molecule has 1 aromatic heterocycles. The standard InChI is InChI=1S/C22H25F5INO2S/c1-12(2)20-18(21(31)13-4-6-14(7-5-13)32(23,24,25,26)27)19(28)17-15(29-20)10-22(8-3-9-22)11-16(17)30/h4-7,12,16,21,30-31H,3,8-11H2,1-2H3/p+1/t16-,21-/m0/s1. The van der Waals surface area contributed by atoms with E-state index in [1.807, 2.05) is 13.8 Å². The number of hydrogen-bond donors (Lipinski definition) is 1. The summed E-state index contributed by atoms with van der Waals surface area (Å²) in [6, 6.07) is 2.42. The molecule has 0 radical (unpaired) electrons. The van der Waals surface area contributed by atoms with Crippen LogP contribution in [0.4, 0.5) is 19.4 Å². The average Bonchev–Trinajstić information content (AvgIpc) is 2.63. The first-order chi connectivity index (χ1) is 14.5. The van der Waals surface area contributed by atoms with Gasteiger partial charge in [0.15, 0.2) is 6.10 Å². The fraction of sp³-hybridized carbons (Fsp3) is 0.500. The highest BCUT2D eigenvalue weighted by atomic mass is 127. The molecule has 2 aliphatic carbocycles. The largest absolute Gasteiger partial charge is 0.440 e. The summed E-state index contributed by atoms with van der Waals surface area (Å²) in [5.74, 6) is -0.0779. The van der Waals surface area contributed by atoms with Gasteiger partial charge in [0.05, 0.1) is 17.0 Å². The molecule has 0 aliphatic heterocycles. The molecule has 1 fully saturated rings. The van der Waals surface area contributed by atoms with Crippen molar-refractivity contribution in [3.05, 3.63) is 55.9 Å². The molecule has 0 amide bonds. The van der Waals surface area contributed by atoms with Gasteiger partial charge in [0.25, 0.3) is 0 Å². The molecular weight excluding hydrogens is 564 g/mol. The number of benzene rings is 1. The lowest BCUT2D eigenvalue weighted by Gasteiger charge is -2.45. The lowest BCUT2D eigenvalue weighted by Crippen LogP contribution is -2.38. The van der Waals surface area contributed by atoms with E-state index in [2.05, 4.69) is 22.6 Å². The molecule has 32 heavy (non-hydrogen) atoms. The number of hydrogen-bond acceptors (Lipinski definition) is 2. The zero-order chi connectivity index (χ0) is 23.8. The molecule has 3 N–H and O–H groups in total. The van der Waals surface area contributed by atoms with Crippen molar-refractivity contribution < 1.29 is 29.6 Å².